The number of ether oxygens (including phenoxy) is 1. The number of amides is 2. The molecular formula is C19H24N2O4. The molecule has 0 radical (unpaired) electrons. The van der Waals surface area contributed by atoms with Crippen LogP contribution in [0.4, 0.5) is 0 Å². The molecule has 1 aromatic carbocycles. The Hall–Kier alpha value is -2.63. The highest BCUT2D eigenvalue weighted by atomic mass is 16.5. The van der Waals surface area contributed by atoms with E-state index in [0.29, 0.717) is 19.3 Å². The molecule has 0 saturated heterocycles. The normalized spacial score (nSPS) is 23.4. The fraction of sp³-hybridized carbons (Fsp3) is 0.421. The Morgan fingerprint density at radius 1 is 1.20 bits per heavy atom. The number of rotatable bonds is 2. The molecule has 134 valence electrons. The average Bonchev–Trinajstić information content (AvgIpc) is 2.60. The first-order valence-electron chi connectivity index (χ1n) is 8.38. The second kappa shape index (κ2) is 9.01. The van der Waals surface area contributed by atoms with Crippen molar-refractivity contribution >= 4 is 17.8 Å². The Morgan fingerprint density at radius 3 is 2.60 bits per heavy atom. The van der Waals surface area contributed by atoms with Gasteiger partial charge in [-0.1, -0.05) is 42.5 Å². The number of likely N-dealkylation sites (N-methyl/N-ethyl adjacent to an activating group) is 1. The van der Waals surface area contributed by atoms with Gasteiger partial charge in [-0.2, -0.15) is 0 Å². The minimum absolute atomic E-state index is 0.0283. The first-order valence-corrected chi connectivity index (χ1v) is 8.38. The first kappa shape index (κ1) is 18.7. The summed E-state index contributed by atoms with van der Waals surface area (Å²) in [5, 5.41) is 2.91. The van der Waals surface area contributed by atoms with E-state index in [9.17, 15) is 14.4 Å². The van der Waals surface area contributed by atoms with Crippen LogP contribution in [-0.4, -0.2) is 42.4 Å². The van der Waals surface area contributed by atoms with E-state index in [2.05, 4.69) is 5.32 Å². The number of esters is 1. The molecule has 6 heteroatoms. The smallest absolute Gasteiger partial charge is 0.329 e. The maximum absolute atomic E-state index is 12.5. The second-order valence-electron chi connectivity index (χ2n) is 6.05. The van der Waals surface area contributed by atoms with Gasteiger partial charge in [-0.3, -0.25) is 9.59 Å². The van der Waals surface area contributed by atoms with E-state index in [1.807, 2.05) is 42.5 Å². The SMILES string of the molecule is CC(=O)N(C)[C@@H]1C/C=C/CCC(=O)N[C@H](c2ccccc2)COC1=O. The first-order chi connectivity index (χ1) is 12.0. The summed E-state index contributed by atoms with van der Waals surface area (Å²) in [5.74, 6) is -0.763. The van der Waals surface area contributed by atoms with Crippen molar-refractivity contribution in [2.75, 3.05) is 13.7 Å². The van der Waals surface area contributed by atoms with E-state index in [4.69, 9.17) is 4.74 Å². The third-order valence-electron chi connectivity index (χ3n) is 4.23. The maximum Gasteiger partial charge on any atom is 0.329 e. The lowest BCUT2D eigenvalue weighted by Crippen LogP contribution is -2.43. The van der Waals surface area contributed by atoms with Crippen LogP contribution in [0.1, 0.15) is 37.8 Å². The molecule has 0 spiro atoms. The maximum atomic E-state index is 12.5. The van der Waals surface area contributed by atoms with Crippen molar-refractivity contribution < 1.29 is 19.1 Å². The number of benzene rings is 1. The highest BCUT2D eigenvalue weighted by Crippen LogP contribution is 2.16. The van der Waals surface area contributed by atoms with E-state index in [1.165, 1.54) is 11.8 Å². The van der Waals surface area contributed by atoms with Crippen molar-refractivity contribution in [3.8, 4) is 0 Å². The minimum atomic E-state index is -0.666. The summed E-state index contributed by atoms with van der Waals surface area (Å²) >= 11 is 0. The van der Waals surface area contributed by atoms with Gasteiger partial charge in [0.2, 0.25) is 11.8 Å². The van der Waals surface area contributed by atoms with E-state index in [0.717, 1.165) is 5.56 Å². The standard InChI is InChI=1S/C19H24N2O4/c1-14(22)21(2)17-11-7-4-8-12-18(23)20-16(13-25-19(17)24)15-9-5-3-6-10-15/h3-7,9-10,16-17H,8,11-13H2,1-2H3,(H,20,23)/b7-4+/t16-,17+/m0/s1. The highest BCUT2D eigenvalue weighted by molar-refractivity contribution is 5.83. The molecule has 0 unspecified atom stereocenters. The Balaban J connectivity index is 2.20. The second-order valence-corrected chi connectivity index (χ2v) is 6.05. The molecule has 2 rings (SSSR count). The molecule has 1 aromatic rings. The van der Waals surface area contributed by atoms with E-state index in [-0.39, 0.29) is 18.4 Å². The molecule has 0 fully saturated rings. The van der Waals surface area contributed by atoms with Gasteiger partial charge in [0.1, 0.15) is 12.6 Å². The van der Waals surface area contributed by atoms with Crippen LogP contribution < -0.4 is 5.32 Å². The van der Waals surface area contributed by atoms with E-state index >= 15 is 0 Å². The minimum Gasteiger partial charge on any atom is -0.462 e. The Kier molecular flexibility index (Phi) is 6.74. The van der Waals surface area contributed by atoms with Crippen molar-refractivity contribution in [1.82, 2.24) is 10.2 Å². The predicted molar refractivity (Wildman–Crippen MR) is 93.5 cm³/mol. The molecule has 0 aliphatic carbocycles. The lowest BCUT2D eigenvalue weighted by Gasteiger charge is -2.26. The summed E-state index contributed by atoms with van der Waals surface area (Å²) in [6.45, 7) is 1.45. The molecule has 0 bridgehead atoms. The monoisotopic (exact) mass is 344 g/mol. The molecule has 25 heavy (non-hydrogen) atoms. The predicted octanol–water partition coefficient (Wildman–Crippen LogP) is 1.97. The fourth-order valence-corrected chi connectivity index (χ4v) is 2.62. The molecule has 0 saturated carbocycles. The number of carbonyl (C=O) groups excluding carboxylic acids is 3. The molecule has 2 atom stereocenters. The van der Waals surface area contributed by atoms with Gasteiger partial charge in [0.25, 0.3) is 0 Å². The van der Waals surface area contributed by atoms with Crippen LogP contribution in [0.25, 0.3) is 0 Å². The van der Waals surface area contributed by atoms with Crippen LogP contribution in [0.3, 0.4) is 0 Å². The van der Waals surface area contributed by atoms with Crippen LogP contribution >= 0.6 is 0 Å². The molecule has 1 aliphatic heterocycles. The number of hydrogen-bond acceptors (Lipinski definition) is 4. The number of allylic oxidation sites excluding steroid dienone is 1. The van der Waals surface area contributed by atoms with Crippen LogP contribution in [0.2, 0.25) is 0 Å². The summed E-state index contributed by atoms with van der Waals surface area (Å²) in [6.07, 6.45) is 4.98. The van der Waals surface area contributed by atoms with Gasteiger partial charge < -0.3 is 15.0 Å². The quantitative estimate of drug-likeness (QED) is 0.657. The fourth-order valence-electron chi connectivity index (χ4n) is 2.62. The van der Waals surface area contributed by atoms with Gasteiger partial charge in [-0.15, -0.1) is 0 Å². The third-order valence-corrected chi connectivity index (χ3v) is 4.23. The Morgan fingerprint density at radius 2 is 1.92 bits per heavy atom. The van der Waals surface area contributed by atoms with Crippen LogP contribution in [0, 0.1) is 0 Å². The van der Waals surface area contributed by atoms with E-state index in [1.54, 1.807) is 7.05 Å². The number of carbonyl (C=O) groups is 3. The summed E-state index contributed by atoms with van der Waals surface area (Å²) < 4.78 is 5.43. The van der Waals surface area contributed by atoms with Gasteiger partial charge in [0.15, 0.2) is 0 Å². The van der Waals surface area contributed by atoms with Crippen molar-refractivity contribution in [2.45, 2.75) is 38.3 Å². The molecule has 2 amide bonds. The van der Waals surface area contributed by atoms with E-state index < -0.39 is 18.1 Å². The zero-order valence-corrected chi connectivity index (χ0v) is 14.6. The van der Waals surface area contributed by atoms with Crippen molar-refractivity contribution in [1.29, 1.82) is 0 Å². The van der Waals surface area contributed by atoms with Gasteiger partial charge in [-0.05, 0) is 18.4 Å². The zero-order valence-electron chi connectivity index (χ0n) is 14.6. The Labute approximate surface area is 147 Å². The topological polar surface area (TPSA) is 75.7 Å². The number of nitrogens with one attached hydrogen (secondary N) is 1. The number of cyclic esters (lactones) is 1. The lowest BCUT2D eigenvalue weighted by molar-refractivity contribution is -0.154. The Bertz CT molecular complexity index is 642. The molecule has 1 N–H and O–H groups in total. The molecule has 1 heterocycles. The van der Waals surface area contributed by atoms with Crippen molar-refractivity contribution in [3.05, 3.63) is 48.0 Å². The zero-order chi connectivity index (χ0) is 18.2. The van der Waals surface area contributed by atoms with Gasteiger partial charge in [0, 0.05) is 20.4 Å². The number of hydrogen-bond donors (Lipinski definition) is 1. The van der Waals surface area contributed by atoms with Gasteiger partial charge in [-0.25, -0.2) is 4.79 Å². The van der Waals surface area contributed by atoms with Crippen LogP contribution in [0.5, 0.6) is 0 Å². The molecule has 6 nitrogen and oxygen atoms in total. The molecular weight excluding hydrogens is 320 g/mol. The van der Waals surface area contributed by atoms with Crippen LogP contribution in [0.15, 0.2) is 42.5 Å². The number of nitrogens with zero attached hydrogens (tertiary/aromatic N) is 1. The average molecular weight is 344 g/mol. The highest BCUT2D eigenvalue weighted by Gasteiger charge is 2.27. The lowest BCUT2D eigenvalue weighted by atomic mass is 10.1. The largest absolute Gasteiger partial charge is 0.462 e. The van der Waals surface area contributed by atoms with Crippen LogP contribution in [-0.2, 0) is 19.1 Å². The van der Waals surface area contributed by atoms with Crippen molar-refractivity contribution in [2.24, 2.45) is 0 Å². The van der Waals surface area contributed by atoms with Crippen molar-refractivity contribution in [3.63, 3.8) is 0 Å². The summed E-state index contributed by atoms with van der Waals surface area (Å²) in [7, 11) is 1.59. The summed E-state index contributed by atoms with van der Waals surface area (Å²) in [4.78, 5) is 37.6. The summed E-state index contributed by atoms with van der Waals surface area (Å²) in [5.41, 5.74) is 0.868. The summed E-state index contributed by atoms with van der Waals surface area (Å²) in [6, 6.07) is 8.30. The molecule has 0 aromatic heterocycles. The third kappa shape index (κ3) is 5.45. The van der Waals surface area contributed by atoms with Gasteiger partial charge in [0.05, 0.1) is 6.04 Å². The molecule has 1 aliphatic rings. The van der Waals surface area contributed by atoms with Gasteiger partial charge >= 0.3 is 5.97 Å².